The van der Waals surface area contributed by atoms with E-state index in [0.717, 1.165) is 5.75 Å². The van der Waals surface area contributed by atoms with Crippen LogP contribution < -0.4 is 10.9 Å². The van der Waals surface area contributed by atoms with E-state index < -0.39 is 0 Å². The SMILES string of the molecule is CSCC[C@H](CO)NC(=O)Cc1nn(CC(C)C)c(=O)c2ccccc12. The Kier molecular flexibility index (Phi) is 7.66. The summed E-state index contributed by atoms with van der Waals surface area (Å²) in [6, 6.07) is 6.99. The minimum atomic E-state index is -0.261. The number of aliphatic hydroxyl groups is 1. The highest BCUT2D eigenvalue weighted by molar-refractivity contribution is 7.98. The zero-order valence-corrected chi connectivity index (χ0v) is 16.4. The van der Waals surface area contributed by atoms with Crippen molar-refractivity contribution in [3.63, 3.8) is 0 Å². The van der Waals surface area contributed by atoms with Crippen molar-refractivity contribution in [2.24, 2.45) is 5.92 Å². The van der Waals surface area contributed by atoms with Crippen molar-refractivity contribution in [1.29, 1.82) is 0 Å². The number of hydrogen-bond donors (Lipinski definition) is 2. The van der Waals surface area contributed by atoms with E-state index in [4.69, 9.17) is 0 Å². The van der Waals surface area contributed by atoms with E-state index in [1.807, 2.05) is 38.3 Å². The molecule has 0 saturated heterocycles. The Balaban J connectivity index is 2.29. The summed E-state index contributed by atoms with van der Waals surface area (Å²) in [5.74, 6) is 0.942. The number of benzene rings is 1. The lowest BCUT2D eigenvalue weighted by atomic mass is 10.1. The fraction of sp³-hybridized carbons (Fsp3) is 0.526. The molecule has 0 unspecified atom stereocenters. The average molecular weight is 378 g/mol. The summed E-state index contributed by atoms with van der Waals surface area (Å²) in [7, 11) is 0. The molecule has 1 aromatic heterocycles. The molecule has 0 aliphatic rings. The monoisotopic (exact) mass is 377 g/mol. The van der Waals surface area contributed by atoms with E-state index in [1.54, 1.807) is 17.8 Å². The average Bonchev–Trinajstić information content (AvgIpc) is 2.62. The van der Waals surface area contributed by atoms with Crippen molar-refractivity contribution >= 4 is 28.4 Å². The summed E-state index contributed by atoms with van der Waals surface area (Å²) in [4.78, 5) is 25.1. The van der Waals surface area contributed by atoms with Crippen LogP contribution in [-0.2, 0) is 17.8 Å². The van der Waals surface area contributed by atoms with E-state index in [2.05, 4.69) is 10.4 Å². The predicted molar refractivity (Wildman–Crippen MR) is 107 cm³/mol. The lowest BCUT2D eigenvalue weighted by molar-refractivity contribution is -0.121. The maximum absolute atomic E-state index is 12.6. The van der Waals surface area contributed by atoms with E-state index in [0.29, 0.717) is 29.4 Å². The Labute approximate surface area is 158 Å². The molecule has 0 radical (unpaired) electrons. The van der Waals surface area contributed by atoms with Crippen molar-refractivity contribution < 1.29 is 9.90 Å². The van der Waals surface area contributed by atoms with Crippen molar-refractivity contribution in [3.05, 3.63) is 40.3 Å². The molecule has 1 heterocycles. The zero-order chi connectivity index (χ0) is 19.1. The molecule has 0 aliphatic carbocycles. The van der Waals surface area contributed by atoms with Gasteiger partial charge in [0.05, 0.1) is 30.1 Å². The smallest absolute Gasteiger partial charge is 0.274 e. The first kappa shape index (κ1) is 20.5. The number of carbonyl (C=O) groups is 1. The van der Waals surface area contributed by atoms with Crippen LogP contribution in [0, 0.1) is 5.92 Å². The Morgan fingerprint density at radius 3 is 2.62 bits per heavy atom. The number of amides is 1. The second kappa shape index (κ2) is 9.73. The van der Waals surface area contributed by atoms with Crippen LogP contribution in [0.15, 0.2) is 29.1 Å². The third kappa shape index (κ3) is 5.32. The van der Waals surface area contributed by atoms with Gasteiger partial charge >= 0.3 is 0 Å². The minimum absolute atomic E-state index is 0.0780. The summed E-state index contributed by atoms with van der Waals surface area (Å²) in [5.41, 5.74) is 0.451. The maximum Gasteiger partial charge on any atom is 0.274 e. The van der Waals surface area contributed by atoms with Gasteiger partial charge in [-0.05, 0) is 30.4 Å². The summed E-state index contributed by atoms with van der Waals surface area (Å²) >= 11 is 1.67. The molecule has 1 atom stereocenters. The molecule has 2 N–H and O–H groups in total. The first-order chi connectivity index (χ1) is 12.5. The fourth-order valence-electron chi connectivity index (χ4n) is 2.81. The Morgan fingerprint density at radius 1 is 1.31 bits per heavy atom. The molecule has 2 aromatic rings. The normalized spacial score (nSPS) is 12.5. The molecule has 1 amide bonds. The topological polar surface area (TPSA) is 84.2 Å². The third-order valence-electron chi connectivity index (χ3n) is 4.07. The molecule has 26 heavy (non-hydrogen) atoms. The van der Waals surface area contributed by atoms with E-state index >= 15 is 0 Å². The molecular formula is C19H27N3O3S. The molecule has 1 aromatic carbocycles. The zero-order valence-electron chi connectivity index (χ0n) is 15.6. The number of thioether (sulfide) groups is 1. The van der Waals surface area contributed by atoms with Gasteiger partial charge in [-0.2, -0.15) is 16.9 Å². The number of fused-ring (bicyclic) bond motifs is 1. The van der Waals surface area contributed by atoms with Gasteiger partial charge in [0.15, 0.2) is 0 Å². The number of hydrogen-bond acceptors (Lipinski definition) is 5. The van der Waals surface area contributed by atoms with Gasteiger partial charge in [0.2, 0.25) is 5.91 Å². The molecular weight excluding hydrogens is 350 g/mol. The molecule has 0 spiro atoms. The van der Waals surface area contributed by atoms with Crippen LogP contribution in [0.1, 0.15) is 26.0 Å². The number of rotatable bonds is 9. The molecule has 142 valence electrons. The van der Waals surface area contributed by atoms with Crippen LogP contribution in [0.2, 0.25) is 0 Å². The van der Waals surface area contributed by atoms with Gasteiger partial charge < -0.3 is 10.4 Å². The van der Waals surface area contributed by atoms with Gasteiger partial charge in [0.1, 0.15) is 0 Å². The molecule has 0 aliphatic heterocycles. The summed E-state index contributed by atoms with van der Waals surface area (Å²) in [6.45, 7) is 4.46. The largest absolute Gasteiger partial charge is 0.394 e. The summed E-state index contributed by atoms with van der Waals surface area (Å²) in [5, 5.41) is 18.0. The van der Waals surface area contributed by atoms with Gasteiger partial charge in [0.25, 0.3) is 5.56 Å². The number of nitrogens with one attached hydrogen (secondary N) is 1. The molecule has 0 fully saturated rings. The van der Waals surface area contributed by atoms with Crippen molar-refractivity contribution in [1.82, 2.24) is 15.1 Å². The highest BCUT2D eigenvalue weighted by Gasteiger charge is 2.16. The molecule has 7 heteroatoms. The lowest BCUT2D eigenvalue weighted by Crippen LogP contribution is -2.39. The molecule has 0 bridgehead atoms. The van der Waals surface area contributed by atoms with Gasteiger partial charge in [-0.3, -0.25) is 9.59 Å². The summed E-state index contributed by atoms with van der Waals surface area (Å²) < 4.78 is 1.45. The minimum Gasteiger partial charge on any atom is -0.394 e. The van der Waals surface area contributed by atoms with Crippen molar-refractivity contribution in [2.45, 2.75) is 39.3 Å². The highest BCUT2D eigenvalue weighted by atomic mass is 32.2. The second-order valence-corrected chi connectivity index (χ2v) is 7.76. The van der Waals surface area contributed by atoms with Crippen LogP contribution in [-0.4, -0.2) is 45.5 Å². The highest BCUT2D eigenvalue weighted by Crippen LogP contribution is 2.14. The van der Waals surface area contributed by atoms with Crippen LogP contribution >= 0.6 is 11.8 Å². The quantitative estimate of drug-likeness (QED) is 0.696. The van der Waals surface area contributed by atoms with E-state index in [1.165, 1.54) is 4.68 Å². The first-order valence-corrected chi connectivity index (χ1v) is 10.2. The van der Waals surface area contributed by atoms with Crippen LogP contribution in [0.25, 0.3) is 10.8 Å². The van der Waals surface area contributed by atoms with Crippen LogP contribution in [0.5, 0.6) is 0 Å². The number of aliphatic hydroxyl groups excluding tert-OH is 1. The Morgan fingerprint density at radius 2 is 2.00 bits per heavy atom. The first-order valence-electron chi connectivity index (χ1n) is 8.84. The summed E-state index contributed by atoms with van der Waals surface area (Å²) in [6.07, 6.45) is 2.78. The van der Waals surface area contributed by atoms with Crippen molar-refractivity contribution in [3.8, 4) is 0 Å². The van der Waals surface area contributed by atoms with E-state index in [9.17, 15) is 14.7 Å². The molecule has 6 nitrogen and oxygen atoms in total. The lowest BCUT2D eigenvalue weighted by Gasteiger charge is -2.16. The van der Waals surface area contributed by atoms with E-state index in [-0.39, 0.29) is 36.5 Å². The van der Waals surface area contributed by atoms with Crippen LogP contribution in [0.4, 0.5) is 0 Å². The van der Waals surface area contributed by atoms with Gasteiger partial charge in [-0.25, -0.2) is 4.68 Å². The number of nitrogens with zero attached hydrogens (tertiary/aromatic N) is 2. The predicted octanol–water partition coefficient (Wildman–Crippen LogP) is 1.83. The van der Waals surface area contributed by atoms with Gasteiger partial charge in [0, 0.05) is 11.9 Å². The maximum atomic E-state index is 12.6. The molecule has 0 saturated carbocycles. The number of aromatic nitrogens is 2. The second-order valence-electron chi connectivity index (χ2n) is 6.78. The number of carbonyl (C=O) groups excluding carboxylic acids is 1. The van der Waals surface area contributed by atoms with Gasteiger partial charge in [-0.15, -0.1) is 0 Å². The third-order valence-corrected chi connectivity index (χ3v) is 4.71. The van der Waals surface area contributed by atoms with Gasteiger partial charge in [-0.1, -0.05) is 32.0 Å². The molecule has 2 rings (SSSR count). The van der Waals surface area contributed by atoms with Crippen LogP contribution in [0.3, 0.4) is 0 Å². The Bertz CT molecular complexity index is 804. The Hall–Kier alpha value is -1.86. The fourth-order valence-corrected chi connectivity index (χ4v) is 3.33. The van der Waals surface area contributed by atoms with Crippen molar-refractivity contribution in [2.75, 3.05) is 18.6 Å². The standard InChI is InChI=1S/C19H27N3O3S/c1-13(2)11-22-19(25)16-7-5-4-6-15(16)17(21-22)10-18(24)20-14(12-23)8-9-26-3/h4-7,13-14,23H,8-12H2,1-3H3,(H,20,24)/t14-/m1/s1.